The van der Waals surface area contributed by atoms with Crippen molar-refractivity contribution in [2.24, 2.45) is 0 Å². The second-order valence-electron chi connectivity index (χ2n) is 5.69. The molecule has 1 heterocycles. The summed E-state index contributed by atoms with van der Waals surface area (Å²) in [4.78, 5) is 24.4. The van der Waals surface area contributed by atoms with Gasteiger partial charge in [0.25, 0.3) is 5.56 Å². The van der Waals surface area contributed by atoms with Gasteiger partial charge in [0.05, 0.1) is 25.6 Å². The maximum absolute atomic E-state index is 12.4. The highest BCUT2D eigenvalue weighted by atomic mass is 16.5. The largest absolute Gasteiger partial charge is 0.497 e. The average Bonchev–Trinajstić information content (AvgIpc) is 2.70. The first-order valence-corrected chi connectivity index (χ1v) is 8.26. The highest BCUT2D eigenvalue weighted by Crippen LogP contribution is 2.23. The maximum Gasteiger partial charge on any atom is 0.267 e. The molecule has 27 heavy (non-hydrogen) atoms. The Morgan fingerprint density at radius 3 is 2.44 bits per heavy atom. The number of rotatable bonds is 6. The summed E-state index contributed by atoms with van der Waals surface area (Å²) in [6, 6.07) is 17.4. The van der Waals surface area contributed by atoms with E-state index >= 15 is 0 Å². The van der Waals surface area contributed by atoms with Crippen LogP contribution in [0.15, 0.2) is 65.5 Å². The molecular formula is C20H19N3O4. The van der Waals surface area contributed by atoms with Crippen LogP contribution in [0.1, 0.15) is 0 Å². The lowest BCUT2D eigenvalue weighted by Gasteiger charge is -2.11. The van der Waals surface area contributed by atoms with Crippen molar-refractivity contribution in [2.75, 3.05) is 19.5 Å². The minimum absolute atomic E-state index is 0.207. The number of nitrogens with one attached hydrogen (secondary N) is 1. The van der Waals surface area contributed by atoms with Crippen molar-refractivity contribution in [3.05, 3.63) is 71.0 Å². The molecule has 0 saturated carbocycles. The summed E-state index contributed by atoms with van der Waals surface area (Å²) in [5.74, 6) is 0.891. The fourth-order valence-electron chi connectivity index (χ4n) is 2.55. The Balaban J connectivity index is 1.80. The molecule has 3 aromatic rings. The van der Waals surface area contributed by atoms with Crippen LogP contribution in [0, 0.1) is 0 Å². The number of anilines is 1. The third-order valence-electron chi connectivity index (χ3n) is 3.93. The Labute approximate surface area is 156 Å². The molecule has 0 aliphatic rings. The number of hydrogen-bond donors (Lipinski definition) is 1. The van der Waals surface area contributed by atoms with Gasteiger partial charge >= 0.3 is 0 Å². The molecule has 1 amide bonds. The minimum Gasteiger partial charge on any atom is -0.497 e. The summed E-state index contributed by atoms with van der Waals surface area (Å²) in [5.41, 5.74) is 1.57. The molecule has 2 aromatic carbocycles. The van der Waals surface area contributed by atoms with Crippen LogP contribution in [0.3, 0.4) is 0 Å². The van der Waals surface area contributed by atoms with E-state index in [1.807, 2.05) is 12.1 Å². The predicted molar refractivity (Wildman–Crippen MR) is 102 cm³/mol. The van der Waals surface area contributed by atoms with E-state index in [1.165, 1.54) is 13.2 Å². The molecule has 0 saturated heterocycles. The number of hydrogen-bond acceptors (Lipinski definition) is 5. The van der Waals surface area contributed by atoms with Crippen molar-refractivity contribution in [2.45, 2.75) is 6.54 Å². The van der Waals surface area contributed by atoms with Crippen LogP contribution < -0.4 is 20.3 Å². The Morgan fingerprint density at radius 2 is 1.74 bits per heavy atom. The van der Waals surface area contributed by atoms with Crippen LogP contribution in [-0.4, -0.2) is 29.9 Å². The number of ether oxygens (including phenoxy) is 2. The number of amides is 1. The van der Waals surface area contributed by atoms with E-state index in [9.17, 15) is 9.59 Å². The highest BCUT2D eigenvalue weighted by molar-refractivity contribution is 5.92. The van der Waals surface area contributed by atoms with E-state index in [1.54, 1.807) is 49.6 Å². The van der Waals surface area contributed by atoms with E-state index in [0.717, 1.165) is 16.0 Å². The zero-order chi connectivity index (χ0) is 19.2. The van der Waals surface area contributed by atoms with Crippen molar-refractivity contribution >= 4 is 11.6 Å². The zero-order valence-electron chi connectivity index (χ0n) is 15.0. The smallest absolute Gasteiger partial charge is 0.267 e. The summed E-state index contributed by atoms with van der Waals surface area (Å²) in [6.45, 7) is -0.207. The number of nitrogens with zero attached hydrogens (tertiary/aromatic N) is 2. The lowest BCUT2D eigenvalue weighted by Crippen LogP contribution is -2.29. The first kappa shape index (κ1) is 18.2. The molecule has 0 bridgehead atoms. The van der Waals surface area contributed by atoms with Gasteiger partial charge < -0.3 is 14.8 Å². The van der Waals surface area contributed by atoms with Crippen LogP contribution in [-0.2, 0) is 11.3 Å². The van der Waals surface area contributed by atoms with E-state index < -0.39 is 0 Å². The molecule has 7 nitrogen and oxygen atoms in total. The molecular weight excluding hydrogens is 346 g/mol. The molecule has 0 radical (unpaired) electrons. The van der Waals surface area contributed by atoms with Crippen molar-refractivity contribution in [1.29, 1.82) is 0 Å². The van der Waals surface area contributed by atoms with Crippen molar-refractivity contribution < 1.29 is 14.3 Å². The summed E-state index contributed by atoms with van der Waals surface area (Å²) >= 11 is 0. The highest BCUT2D eigenvalue weighted by Gasteiger charge is 2.10. The van der Waals surface area contributed by atoms with Gasteiger partial charge in [0.15, 0.2) is 0 Å². The predicted octanol–water partition coefficient (Wildman–Crippen LogP) is 2.57. The van der Waals surface area contributed by atoms with Crippen LogP contribution in [0.5, 0.6) is 11.5 Å². The number of benzene rings is 2. The molecule has 138 valence electrons. The van der Waals surface area contributed by atoms with Crippen LogP contribution in [0.4, 0.5) is 5.69 Å². The monoisotopic (exact) mass is 365 g/mol. The minimum atomic E-state index is -0.374. The van der Waals surface area contributed by atoms with Gasteiger partial charge in [-0.05, 0) is 42.5 Å². The normalized spacial score (nSPS) is 10.3. The fourth-order valence-corrected chi connectivity index (χ4v) is 2.55. The second kappa shape index (κ2) is 8.18. The van der Waals surface area contributed by atoms with Crippen LogP contribution >= 0.6 is 0 Å². The van der Waals surface area contributed by atoms with Crippen LogP contribution in [0.25, 0.3) is 11.3 Å². The summed E-state index contributed by atoms with van der Waals surface area (Å²) in [6.07, 6.45) is 0. The second-order valence-corrected chi connectivity index (χ2v) is 5.69. The molecule has 0 fully saturated rings. The first-order valence-electron chi connectivity index (χ1n) is 8.26. The quantitative estimate of drug-likeness (QED) is 0.726. The molecule has 1 aromatic heterocycles. The Morgan fingerprint density at radius 1 is 1.00 bits per heavy atom. The topological polar surface area (TPSA) is 82.5 Å². The molecule has 0 spiro atoms. The van der Waals surface area contributed by atoms with Gasteiger partial charge in [-0.2, -0.15) is 5.10 Å². The van der Waals surface area contributed by atoms with Gasteiger partial charge in [-0.3, -0.25) is 9.59 Å². The molecule has 3 rings (SSSR count). The molecule has 0 unspecified atom stereocenters. The Kier molecular flexibility index (Phi) is 5.51. The van der Waals surface area contributed by atoms with Gasteiger partial charge in [-0.15, -0.1) is 0 Å². The van der Waals surface area contributed by atoms with Crippen molar-refractivity contribution in [3.8, 4) is 22.8 Å². The molecule has 1 N–H and O–H groups in total. The summed E-state index contributed by atoms with van der Waals surface area (Å²) < 4.78 is 11.5. The van der Waals surface area contributed by atoms with Gasteiger partial charge in [0, 0.05) is 11.6 Å². The number of para-hydroxylation sites is 2. The van der Waals surface area contributed by atoms with E-state index in [4.69, 9.17) is 9.47 Å². The van der Waals surface area contributed by atoms with E-state index in [0.29, 0.717) is 17.1 Å². The molecule has 7 heteroatoms. The SMILES string of the molecule is COc1ccc(-c2ccc(=O)n(CC(=O)Nc3ccccc3OC)n2)cc1. The first-order chi connectivity index (χ1) is 13.1. The lowest BCUT2D eigenvalue weighted by molar-refractivity contribution is -0.117. The molecule has 0 aliphatic carbocycles. The number of carbonyl (C=O) groups excluding carboxylic acids is 1. The Hall–Kier alpha value is -3.61. The van der Waals surface area contributed by atoms with Gasteiger partial charge in [-0.25, -0.2) is 4.68 Å². The van der Waals surface area contributed by atoms with Gasteiger partial charge in [0.1, 0.15) is 18.0 Å². The lowest BCUT2D eigenvalue weighted by atomic mass is 10.1. The van der Waals surface area contributed by atoms with Crippen LogP contribution in [0.2, 0.25) is 0 Å². The summed E-state index contributed by atoms with van der Waals surface area (Å²) in [7, 11) is 3.11. The zero-order valence-corrected chi connectivity index (χ0v) is 15.0. The third-order valence-corrected chi connectivity index (χ3v) is 3.93. The average molecular weight is 365 g/mol. The van der Waals surface area contributed by atoms with E-state index in [-0.39, 0.29) is 18.0 Å². The number of carbonyl (C=O) groups is 1. The molecule has 0 aliphatic heterocycles. The number of methoxy groups -OCH3 is 2. The Bertz CT molecular complexity index is 997. The van der Waals surface area contributed by atoms with Crippen molar-refractivity contribution in [1.82, 2.24) is 9.78 Å². The summed E-state index contributed by atoms with van der Waals surface area (Å²) in [5, 5.41) is 7.02. The van der Waals surface area contributed by atoms with Gasteiger partial charge in [0.2, 0.25) is 5.91 Å². The van der Waals surface area contributed by atoms with E-state index in [2.05, 4.69) is 10.4 Å². The standard InChI is InChI=1S/C20H19N3O4/c1-26-15-9-7-14(8-10-15)16-11-12-20(25)23(22-16)13-19(24)21-17-5-3-4-6-18(17)27-2/h3-12H,13H2,1-2H3,(H,21,24). The van der Waals surface area contributed by atoms with Crippen molar-refractivity contribution in [3.63, 3.8) is 0 Å². The van der Waals surface area contributed by atoms with Gasteiger partial charge in [-0.1, -0.05) is 12.1 Å². The number of aromatic nitrogens is 2. The third kappa shape index (κ3) is 4.33. The molecule has 0 atom stereocenters. The fraction of sp³-hybridized carbons (Fsp3) is 0.150. The maximum atomic E-state index is 12.4.